The topological polar surface area (TPSA) is 69.8 Å². The average molecular weight is 340 g/mol. The minimum absolute atomic E-state index is 0.380. The lowest BCUT2D eigenvalue weighted by Gasteiger charge is -2.01. The van der Waals surface area contributed by atoms with Crippen molar-refractivity contribution < 1.29 is 0 Å². The Balaban J connectivity index is 1.97. The van der Waals surface area contributed by atoms with Crippen LogP contribution in [0.3, 0.4) is 0 Å². The van der Waals surface area contributed by atoms with Crippen molar-refractivity contribution in [3.05, 3.63) is 69.5 Å². The van der Waals surface area contributed by atoms with Crippen LogP contribution in [0.15, 0.2) is 53.6 Å². The summed E-state index contributed by atoms with van der Waals surface area (Å²) < 4.78 is 1.91. The van der Waals surface area contributed by atoms with Crippen LogP contribution >= 0.6 is 23.8 Å². The molecule has 0 aliphatic rings. The molecule has 112 valence electrons. The number of benzene rings is 2. The van der Waals surface area contributed by atoms with E-state index in [1.807, 2.05) is 24.3 Å². The number of halogens is 1. The zero-order valence-electron chi connectivity index (χ0n) is 11.8. The highest BCUT2D eigenvalue weighted by Gasteiger charge is 2.08. The zero-order valence-corrected chi connectivity index (χ0v) is 13.3. The number of hydrogen-bond donors (Lipinski definition) is 1. The minimum atomic E-state index is 0.380. The van der Waals surface area contributed by atoms with Gasteiger partial charge in [0.25, 0.3) is 0 Å². The normalized spacial score (nSPS) is 10.8. The summed E-state index contributed by atoms with van der Waals surface area (Å²) in [4.78, 5) is 0. The Labute approximate surface area is 142 Å². The Morgan fingerprint density at radius 3 is 2.74 bits per heavy atom. The molecule has 0 spiro atoms. The minimum Gasteiger partial charge on any atom is -0.250 e. The molecule has 0 radical (unpaired) electrons. The second-order valence-electron chi connectivity index (χ2n) is 4.65. The molecule has 1 heterocycles. The summed E-state index contributed by atoms with van der Waals surface area (Å²) >= 11 is 11.2. The van der Waals surface area contributed by atoms with Gasteiger partial charge in [0, 0.05) is 10.6 Å². The second-order valence-corrected chi connectivity index (χ2v) is 5.48. The molecule has 23 heavy (non-hydrogen) atoms. The zero-order chi connectivity index (χ0) is 16.2. The molecule has 0 atom stereocenters. The van der Waals surface area contributed by atoms with Crippen molar-refractivity contribution in [2.75, 3.05) is 0 Å². The number of rotatable bonds is 3. The Morgan fingerprint density at radius 2 is 2.04 bits per heavy atom. The van der Waals surface area contributed by atoms with Crippen LogP contribution in [0.2, 0.25) is 5.02 Å². The van der Waals surface area contributed by atoms with Crippen LogP contribution in [0, 0.1) is 16.1 Å². The lowest BCUT2D eigenvalue weighted by Crippen LogP contribution is -1.95. The monoisotopic (exact) mass is 339 g/mol. The van der Waals surface area contributed by atoms with Crippen LogP contribution in [0.1, 0.15) is 11.1 Å². The van der Waals surface area contributed by atoms with Crippen LogP contribution in [-0.2, 0) is 0 Å². The Morgan fingerprint density at radius 1 is 1.26 bits per heavy atom. The number of aromatic nitrogens is 3. The molecule has 0 saturated heterocycles. The average Bonchev–Trinajstić information content (AvgIpc) is 2.94. The van der Waals surface area contributed by atoms with Crippen LogP contribution in [0.4, 0.5) is 0 Å². The van der Waals surface area contributed by atoms with E-state index in [-0.39, 0.29) is 0 Å². The summed E-state index contributed by atoms with van der Waals surface area (Å²) in [5.41, 5.74) is 2.26. The highest BCUT2D eigenvalue weighted by atomic mass is 35.5. The molecule has 3 rings (SSSR count). The molecule has 0 aliphatic carbocycles. The molecule has 0 unspecified atom stereocenters. The van der Waals surface area contributed by atoms with E-state index >= 15 is 0 Å². The van der Waals surface area contributed by atoms with Gasteiger partial charge in [-0.05, 0) is 42.0 Å². The fourth-order valence-corrected chi connectivity index (χ4v) is 2.35. The molecule has 1 aromatic heterocycles. The molecule has 0 aliphatic heterocycles. The van der Waals surface area contributed by atoms with Crippen molar-refractivity contribution in [3.63, 3.8) is 0 Å². The SMILES string of the molecule is N#Cc1ccc(/C=N\n2c(-c3cccc(Cl)c3)n[nH]c2=S)cc1. The molecule has 0 bridgehead atoms. The van der Waals surface area contributed by atoms with E-state index in [1.165, 1.54) is 4.68 Å². The maximum atomic E-state index is 8.81. The molecule has 7 heteroatoms. The van der Waals surface area contributed by atoms with Crippen molar-refractivity contribution in [1.29, 1.82) is 5.26 Å². The molecular formula is C16H10ClN5S. The first-order valence-electron chi connectivity index (χ1n) is 6.65. The van der Waals surface area contributed by atoms with Gasteiger partial charge in [0.1, 0.15) is 0 Å². The summed E-state index contributed by atoms with van der Waals surface area (Å²) in [6, 6.07) is 16.5. The quantitative estimate of drug-likeness (QED) is 0.579. The van der Waals surface area contributed by atoms with Crippen molar-refractivity contribution in [2.24, 2.45) is 5.10 Å². The molecule has 2 aromatic carbocycles. The van der Waals surface area contributed by atoms with Gasteiger partial charge in [0.15, 0.2) is 5.82 Å². The van der Waals surface area contributed by atoms with Crippen LogP contribution in [0.5, 0.6) is 0 Å². The lowest BCUT2D eigenvalue weighted by atomic mass is 10.2. The predicted molar refractivity (Wildman–Crippen MR) is 92.0 cm³/mol. The van der Waals surface area contributed by atoms with Gasteiger partial charge >= 0.3 is 0 Å². The fraction of sp³-hybridized carbons (Fsp3) is 0. The van der Waals surface area contributed by atoms with E-state index in [0.29, 0.717) is 21.2 Å². The van der Waals surface area contributed by atoms with Crippen molar-refractivity contribution in [3.8, 4) is 17.5 Å². The van der Waals surface area contributed by atoms with Gasteiger partial charge < -0.3 is 0 Å². The number of nitriles is 1. The van der Waals surface area contributed by atoms with Crippen LogP contribution in [-0.4, -0.2) is 21.1 Å². The van der Waals surface area contributed by atoms with Crippen molar-refractivity contribution in [2.45, 2.75) is 0 Å². The first kappa shape index (κ1) is 15.2. The number of H-pyrrole nitrogens is 1. The molecule has 0 saturated carbocycles. The van der Waals surface area contributed by atoms with Gasteiger partial charge in [-0.15, -0.1) is 0 Å². The highest BCUT2D eigenvalue weighted by Crippen LogP contribution is 2.21. The van der Waals surface area contributed by atoms with E-state index in [2.05, 4.69) is 21.4 Å². The van der Waals surface area contributed by atoms with Gasteiger partial charge in [0.2, 0.25) is 4.77 Å². The summed E-state index contributed by atoms with van der Waals surface area (Å²) in [5, 5.41) is 20.7. The largest absolute Gasteiger partial charge is 0.250 e. The standard InChI is InChI=1S/C16H10ClN5S/c17-14-3-1-2-13(8-14)15-20-21-16(23)22(15)19-10-12-6-4-11(9-18)5-7-12/h1-8,10H,(H,21,23)/b19-10-. The Hall–Kier alpha value is -2.75. The highest BCUT2D eigenvalue weighted by molar-refractivity contribution is 7.71. The molecule has 1 N–H and O–H groups in total. The lowest BCUT2D eigenvalue weighted by molar-refractivity contribution is 0.871. The van der Waals surface area contributed by atoms with Gasteiger partial charge in [-0.2, -0.15) is 20.1 Å². The van der Waals surface area contributed by atoms with Crippen molar-refractivity contribution >= 4 is 30.0 Å². The summed E-state index contributed by atoms with van der Waals surface area (Å²) in [7, 11) is 0. The van der Waals surface area contributed by atoms with Gasteiger partial charge in [-0.1, -0.05) is 35.9 Å². The number of nitrogens with one attached hydrogen (secondary N) is 1. The smallest absolute Gasteiger partial charge is 0.216 e. The number of hydrogen-bond acceptors (Lipinski definition) is 4. The first-order valence-corrected chi connectivity index (χ1v) is 7.44. The first-order chi connectivity index (χ1) is 11.2. The number of aromatic amines is 1. The van der Waals surface area contributed by atoms with E-state index in [4.69, 9.17) is 29.1 Å². The second kappa shape index (κ2) is 6.57. The number of nitrogens with zero attached hydrogens (tertiary/aromatic N) is 4. The maximum Gasteiger partial charge on any atom is 0.216 e. The molecule has 0 fully saturated rings. The third-order valence-electron chi connectivity index (χ3n) is 3.10. The molecule has 5 nitrogen and oxygen atoms in total. The van der Waals surface area contributed by atoms with Crippen molar-refractivity contribution in [1.82, 2.24) is 14.9 Å². The maximum absolute atomic E-state index is 8.81. The van der Waals surface area contributed by atoms with Gasteiger partial charge in [-0.3, -0.25) is 0 Å². The van der Waals surface area contributed by atoms with E-state index in [1.54, 1.807) is 30.5 Å². The third-order valence-corrected chi connectivity index (χ3v) is 3.59. The molecule has 3 aromatic rings. The predicted octanol–water partition coefficient (Wildman–Crippen LogP) is 4.01. The van der Waals surface area contributed by atoms with Gasteiger partial charge in [0.05, 0.1) is 17.8 Å². The summed E-state index contributed by atoms with van der Waals surface area (Å²) in [6.07, 6.45) is 1.65. The van der Waals surface area contributed by atoms with Crippen LogP contribution in [0.25, 0.3) is 11.4 Å². The van der Waals surface area contributed by atoms with E-state index in [9.17, 15) is 0 Å². The summed E-state index contributed by atoms with van der Waals surface area (Å²) in [6.45, 7) is 0. The van der Waals surface area contributed by atoms with Crippen LogP contribution < -0.4 is 0 Å². The third kappa shape index (κ3) is 3.37. The molecule has 0 amide bonds. The van der Waals surface area contributed by atoms with Gasteiger partial charge in [-0.25, -0.2) is 5.10 Å². The van der Waals surface area contributed by atoms with E-state index in [0.717, 1.165) is 11.1 Å². The van der Waals surface area contributed by atoms with E-state index < -0.39 is 0 Å². The Kier molecular flexibility index (Phi) is 4.33. The molecular weight excluding hydrogens is 330 g/mol. The Bertz CT molecular complexity index is 963. The fourth-order valence-electron chi connectivity index (χ4n) is 1.98. The summed E-state index contributed by atoms with van der Waals surface area (Å²) in [5.74, 6) is 0.572.